The summed E-state index contributed by atoms with van der Waals surface area (Å²) >= 11 is 0. The fourth-order valence-corrected chi connectivity index (χ4v) is 2.74. The van der Waals surface area contributed by atoms with Crippen molar-refractivity contribution in [1.29, 1.82) is 0 Å². The van der Waals surface area contributed by atoms with Crippen LogP contribution in [0, 0.1) is 10.1 Å². The zero-order valence-corrected chi connectivity index (χ0v) is 13.4. The average molecular weight is 343 g/mol. The Morgan fingerprint density at radius 3 is 2.88 bits per heavy atom. The first-order valence-corrected chi connectivity index (χ1v) is 7.86. The molecular weight excluding hydrogens is 326 g/mol. The molecule has 9 nitrogen and oxygen atoms in total. The van der Waals surface area contributed by atoms with Gasteiger partial charge in [-0.15, -0.1) is 0 Å². The van der Waals surface area contributed by atoms with Crippen LogP contribution in [0.3, 0.4) is 0 Å². The predicted molar refractivity (Wildman–Crippen MR) is 89.0 cm³/mol. The molecule has 1 aliphatic heterocycles. The summed E-state index contributed by atoms with van der Waals surface area (Å²) in [6.45, 7) is 0.748. The molecule has 2 aromatic rings. The first-order chi connectivity index (χ1) is 12.0. The number of hydrogen-bond donors (Lipinski definition) is 1. The largest absolute Gasteiger partial charge is 0.347 e. The molecule has 2 amide bonds. The fraction of sp³-hybridized carbons (Fsp3) is 0.312. The fourth-order valence-electron chi connectivity index (χ4n) is 2.74. The van der Waals surface area contributed by atoms with Crippen LogP contribution in [0.15, 0.2) is 36.7 Å². The van der Waals surface area contributed by atoms with Gasteiger partial charge in [0.05, 0.1) is 11.5 Å². The maximum Gasteiger partial charge on any atom is 0.306 e. The lowest BCUT2D eigenvalue weighted by atomic mass is 10.2. The zero-order valence-electron chi connectivity index (χ0n) is 13.4. The minimum atomic E-state index is -0.546. The average Bonchev–Trinajstić information content (AvgIpc) is 3.24. The van der Waals surface area contributed by atoms with E-state index in [1.807, 2.05) is 24.3 Å². The van der Waals surface area contributed by atoms with E-state index in [-0.39, 0.29) is 37.0 Å². The lowest BCUT2D eigenvalue weighted by Crippen LogP contribution is -2.39. The smallest absolute Gasteiger partial charge is 0.306 e. The number of para-hydroxylation sites is 1. The molecule has 1 N–H and O–H groups in total. The number of aromatic nitrogens is 2. The second kappa shape index (κ2) is 7.12. The first kappa shape index (κ1) is 16.6. The quantitative estimate of drug-likeness (QED) is 0.618. The standard InChI is InChI=1S/C16H17N5O4/c22-15(6-7-19-11-13(9-18-19)21(24)25)17-10-16(23)20-8-5-12-3-1-2-4-14(12)20/h1-4,9,11H,5-8,10H2,(H,17,22). The van der Waals surface area contributed by atoms with Crippen LogP contribution in [0.25, 0.3) is 0 Å². The summed E-state index contributed by atoms with van der Waals surface area (Å²) in [5.74, 6) is -0.466. The van der Waals surface area contributed by atoms with Crippen LogP contribution >= 0.6 is 0 Å². The van der Waals surface area contributed by atoms with Crippen molar-refractivity contribution in [3.63, 3.8) is 0 Å². The molecule has 0 spiro atoms. The number of anilines is 1. The van der Waals surface area contributed by atoms with Crippen molar-refractivity contribution in [1.82, 2.24) is 15.1 Å². The Bertz CT molecular complexity index is 816. The molecule has 0 fully saturated rings. The highest BCUT2D eigenvalue weighted by molar-refractivity contribution is 5.98. The summed E-state index contributed by atoms with van der Waals surface area (Å²) in [4.78, 5) is 35.9. The minimum absolute atomic E-state index is 0.0770. The monoisotopic (exact) mass is 343 g/mol. The molecule has 0 bridgehead atoms. The maximum absolute atomic E-state index is 12.3. The van der Waals surface area contributed by atoms with Crippen molar-refractivity contribution in [3.8, 4) is 0 Å². The van der Waals surface area contributed by atoms with E-state index in [9.17, 15) is 19.7 Å². The minimum Gasteiger partial charge on any atom is -0.347 e. The van der Waals surface area contributed by atoms with E-state index < -0.39 is 4.92 Å². The number of amides is 2. The molecule has 0 unspecified atom stereocenters. The van der Waals surface area contributed by atoms with Crippen molar-refractivity contribution in [2.24, 2.45) is 0 Å². The molecule has 0 atom stereocenters. The molecular formula is C16H17N5O4. The molecule has 9 heteroatoms. The van der Waals surface area contributed by atoms with Gasteiger partial charge in [-0.25, -0.2) is 0 Å². The van der Waals surface area contributed by atoms with Crippen LogP contribution in [0.1, 0.15) is 12.0 Å². The van der Waals surface area contributed by atoms with Gasteiger partial charge in [-0.1, -0.05) is 18.2 Å². The van der Waals surface area contributed by atoms with Gasteiger partial charge in [-0.3, -0.25) is 24.4 Å². The molecule has 0 saturated heterocycles. The van der Waals surface area contributed by atoms with E-state index in [1.54, 1.807) is 4.90 Å². The highest BCUT2D eigenvalue weighted by atomic mass is 16.6. The van der Waals surface area contributed by atoms with Crippen LogP contribution in [0.4, 0.5) is 11.4 Å². The van der Waals surface area contributed by atoms with Gasteiger partial charge in [-0.05, 0) is 18.1 Å². The predicted octanol–water partition coefficient (Wildman–Crippen LogP) is 0.887. The summed E-state index contributed by atoms with van der Waals surface area (Å²) in [6.07, 6.45) is 3.29. The zero-order chi connectivity index (χ0) is 17.8. The first-order valence-electron chi connectivity index (χ1n) is 7.86. The lowest BCUT2D eigenvalue weighted by Gasteiger charge is -2.17. The molecule has 1 aromatic carbocycles. The molecule has 3 rings (SSSR count). The van der Waals surface area contributed by atoms with Crippen molar-refractivity contribution in [3.05, 3.63) is 52.3 Å². The van der Waals surface area contributed by atoms with E-state index in [4.69, 9.17) is 0 Å². The van der Waals surface area contributed by atoms with Gasteiger partial charge < -0.3 is 10.2 Å². The van der Waals surface area contributed by atoms with E-state index in [1.165, 1.54) is 10.9 Å². The molecule has 2 heterocycles. The number of carbonyl (C=O) groups is 2. The third-order valence-electron chi connectivity index (χ3n) is 4.02. The topological polar surface area (TPSA) is 110 Å². The van der Waals surface area contributed by atoms with Crippen molar-refractivity contribution >= 4 is 23.2 Å². The van der Waals surface area contributed by atoms with Gasteiger partial charge in [0.25, 0.3) is 0 Å². The summed E-state index contributed by atoms with van der Waals surface area (Å²) < 4.78 is 1.33. The number of rotatable bonds is 6. The molecule has 0 saturated carbocycles. The summed E-state index contributed by atoms with van der Waals surface area (Å²) in [7, 11) is 0. The molecule has 0 radical (unpaired) electrons. The third-order valence-corrected chi connectivity index (χ3v) is 4.02. The SMILES string of the molecule is O=C(CCn1cc([N+](=O)[O-])cn1)NCC(=O)N1CCc2ccccc21. The molecule has 0 aliphatic carbocycles. The Balaban J connectivity index is 1.46. The molecule has 1 aromatic heterocycles. The normalized spacial score (nSPS) is 12.7. The highest BCUT2D eigenvalue weighted by Crippen LogP contribution is 2.27. The number of hydrogen-bond acceptors (Lipinski definition) is 5. The van der Waals surface area contributed by atoms with Gasteiger partial charge in [0.2, 0.25) is 11.8 Å². The summed E-state index contributed by atoms with van der Waals surface area (Å²) in [5.41, 5.74) is 1.90. The highest BCUT2D eigenvalue weighted by Gasteiger charge is 2.24. The Kier molecular flexibility index (Phi) is 4.73. The number of fused-ring (bicyclic) bond motifs is 1. The van der Waals surface area contributed by atoms with Crippen LogP contribution in [0.2, 0.25) is 0 Å². The van der Waals surface area contributed by atoms with E-state index >= 15 is 0 Å². The maximum atomic E-state index is 12.3. The van der Waals surface area contributed by atoms with Crippen molar-refractivity contribution < 1.29 is 14.5 Å². The van der Waals surface area contributed by atoms with Crippen LogP contribution in [-0.4, -0.2) is 39.6 Å². The Hall–Kier alpha value is -3.23. The second-order valence-corrected chi connectivity index (χ2v) is 5.67. The second-order valence-electron chi connectivity index (χ2n) is 5.67. The number of nitrogens with zero attached hydrogens (tertiary/aromatic N) is 4. The van der Waals surface area contributed by atoms with E-state index in [0.717, 1.165) is 23.9 Å². The van der Waals surface area contributed by atoms with Crippen LogP contribution in [-0.2, 0) is 22.6 Å². The van der Waals surface area contributed by atoms with Crippen LogP contribution in [0.5, 0.6) is 0 Å². The van der Waals surface area contributed by atoms with Gasteiger partial charge in [0.15, 0.2) is 0 Å². The lowest BCUT2D eigenvalue weighted by molar-refractivity contribution is -0.385. The molecule has 130 valence electrons. The van der Waals surface area contributed by atoms with Crippen LogP contribution < -0.4 is 10.2 Å². The van der Waals surface area contributed by atoms with Gasteiger partial charge in [-0.2, -0.15) is 5.10 Å². The number of benzene rings is 1. The Labute approximate surface area is 143 Å². The summed E-state index contributed by atoms with van der Waals surface area (Å²) in [5, 5.41) is 17.0. The molecule has 25 heavy (non-hydrogen) atoms. The number of carbonyl (C=O) groups excluding carboxylic acids is 2. The number of nitro groups is 1. The van der Waals surface area contributed by atoms with Crippen molar-refractivity contribution in [2.45, 2.75) is 19.4 Å². The number of nitrogens with one attached hydrogen (secondary N) is 1. The third kappa shape index (κ3) is 3.82. The van der Waals surface area contributed by atoms with Gasteiger partial charge in [0, 0.05) is 25.2 Å². The van der Waals surface area contributed by atoms with Gasteiger partial charge >= 0.3 is 5.69 Å². The Morgan fingerprint density at radius 1 is 1.32 bits per heavy atom. The Morgan fingerprint density at radius 2 is 2.12 bits per heavy atom. The van der Waals surface area contributed by atoms with E-state index in [0.29, 0.717) is 6.54 Å². The van der Waals surface area contributed by atoms with Crippen molar-refractivity contribution in [2.75, 3.05) is 18.0 Å². The molecule has 1 aliphatic rings. The van der Waals surface area contributed by atoms with Gasteiger partial charge in [0.1, 0.15) is 12.4 Å². The number of aryl methyl sites for hydroxylation is 1. The van der Waals surface area contributed by atoms with E-state index in [2.05, 4.69) is 10.4 Å². The summed E-state index contributed by atoms with van der Waals surface area (Å²) in [6, 6.07) is 7.71.